The zero-order valence-corrected chi connectivity index (χ0v) is 12.4. The highest BCUT2D eigenvalue weighted by Crippen LogP contribution is 2.15. The summed E-state index contributed by atoms with van der Waals surface area (Å²) in [7, 11) is 1.31. The highest BCUT2D eigenvalue weighted by atomic mass is 16.7. The molecule has 0 spiro atoms. The normalized spacial score (nSPS) is 12.3. The van der Waals surface area contributed by atoms with Gasteiger partial charge in [0.2, 0.25) is 0 Å². The van der Waals surface area contributed by atoms with Crippen molar-refractivity contribution >= 4 is 6.16 Å². The molecule has 1 aromatic rings. The standard InChI is InChI=1S/C17H24O3/c1-3-15(13-8-14-20-17(18)19-2)11-7-12-16-9-5-4-6-10-16/h4-6,8-10,13,15H,3,7,11-12,14H2,1-2H3/b13-8+/t15-/m0/s1. The van der Waals surface area contributed by atoms with Crippen molar-refractivity contribution in [1.82, 2.24) is 0 Å². The Bertz CT molecular complexity index is 398. The lowest BCUT2D eigenvalue weighted by Crippen LogP contribution is -2.04. The Hall–Kier alpha value is -1.77. The van der Waals surface area contributed by atoms with Crippen LogP contribution in [0.15, 0.2) is 42.5 Å². The van der Waals surface area contributed by atoms with E-state index >= 15 is 0 Å². The average Bonchev–Trinajstić information content (AvgIpc) is 2.50. The molecule has 0 aromatic heterocycles. The summed E-state index contributed by atoms with van der Waals surface area (Å²) in [4.78, 5) is 10.8. The number of benzene rings is 1. The van der Waals surface area contributed by atoms with Crippen LogP contribution >= 0.6 is 0 Å². The summed E-state index contributed by atoms with van der Waals surface area (Å²) in [5.41, 5.74) is 1.39. The van der Waals surface area contributed by atoms with Gasteiger partial charge in [0.25, 0.3) is 0 Å². The minimum atomic E-state index is -0.633. The number of carbonyl (C=O) groups excluding carboxylic acids is 1. The van der Waals surface area contributed by atoms with E-state index in [1.165, 1.54) is 19.1 Å². The number of ether oxygens (including phenoxy) is 2. The van der Waals surface area contributed by atoms with E-state index in [9.17, 15) is 4.79 Å². The number of hydrogen-bond donors (Lipinski definition) is 0. The quantitative estimate of drug-likeness (QED) is 0.522. The van der Waals surface area contributed by atoms with Gasteiger partial charge in [0.15, 0.2) is 0 Å². The van der Waals surface area contributed by atoms with Crippen LogP contribution in [0.25, 0.3) is 0 Å². The van der Waals surface area contributed by atoms with Crippen molar-refractivity contribution in [3.05, 3.63) is 48.0 Å². The van der Waals surface area contributed by atoms with Crippen LogP contribution < -0.4 is 0 Å². The van der Waals surface area contributed by atoms with Crippen molar-refractivity contribution in [3.63, 3.8) is 0 Å². The molecule has 20 heavy (non-hydrogen) atoms. The van der Waals surface area contributed by atoms with Crippen LogP contribution in [0.4, 0.5) is 4.79 Å². The van der Waals surface area contributed by atoms with Crippen LogP contribution in [-0.4, -0.2) is 19.9 Å². The molecule has 3 heteroatoms. The lowest BCUT2D eigenvalue weighted by Gasteiger charge is -2.10. The Morgan fingerprint density at radius 3 is 2.70 bits per heavy atom. The van der Waals surface area contributed by atoms with Gasteiger partial charge in [-0.3, -0.25) is 0 Å². The molecule has 0 amide bonds. The first-order chi connectivity index (χ1) is 9.76. The summed E-state index contributed by atoms with van der Waals surface area (Å²) in [6, 6.07) is 10.5. The first-order valence-electron chi connectivity index (χ1n) is 7.17. The Morgan fingerprint density at radius 2 is 2.05 bits per heavy atom. The minimum absolute atomic E-state index is 0.280. The molecule has 1 aromatic carbocycles. The zero-order valence-electron chi connectivity index (χ0n) is 12.4. The van der Waals surface area contributed by atoms with Crippen molar-refractivity contribution in [2.24, 2.45) is 5.92 Å². The Morgan fingerprint density at radius 1 is 1.30 bits per heavy atom. The third-order valence-electron chi connectivity index (χ3n) is 3.28. The highest BCUT2D eigenvalue weighted by molar-refractivity contribution is 5.59. The maximum atomic E-state index is 10.8. The average molecular weight is 276 g/mol. The fraction of sp³-hybridized carbons (Fsp3) is 0.471. The molecule has 1 rings (SSSR count). The van der Waals surface area contributed by atoms with Crippen molar-refractivity contribution in [2.45, 2.75) is 32.6 Å². The molecule has 0 unspecified atom stereocenters. The second kappa shape index (κ2) is 10.1. The fourth-order valence-corrected chi connectivity index (χ4v) is 2.07. The van der Waals surface area contributed by atoms with E-state index in [-0.39, 0.29) is 6.61 Å². The molecule has 0 heterocycles. The molecule has 0 N–H and O–H groups in total. The summed E-state index contributed by atoms with van der Waals surface area (Å²) in [5, 5.41) is 0. The van der Waals surface area contributed by atoms with E-state index in [0.717, 1.165) is 19.3 Å². The lowest BCUT2D eigenvalue weighted by atomic mass is 9.97. The van der Waals surface area contributed by atoms with Gasteiger partial charge < -0.3 is 9.47 Å². The lowest BCUT2D eigenvalue weighted by molar-refractivity contribution is 0.0817. The molecule has 0 aliphatic heterocycles. The third kappa shape index (κ3) is 6.98. The summed E-state index contributed by atoms with van der Waals surface area (Å²) in [5.74, 6) is 0.542. The first-order valence-corrected chi connectivity index (χ1v) is 7.17. The van der Waals surface area contributed by atoms with Gasteiger partial charge in [-0.15, -0.1) is 0 Å². The Labute approximate surface area is 121 Å². The Balaban J connectivity index is 2.22. The summed E-state index contributed by atoms with van der Waals surface area (Å²) in [6.07, 6.45) is 7.94. The minimum Gasteiger partial charge on any atom is -0.438 e. The topological polar surface area (TPSA) is 35.5 Å². The molecular formula is C17H24O3. The summed E-state index contributed by atoms with van der Waals surface area (Å²) >= 11 is 0. The molecule has 0 radical (unpaired) electrons. The Kier molecular flexibility index (Phi) is 8.20. The van der Waals surface area contributed by atoms with Gasteiger partial charge in [-0.2, -0.15) is 0 Å². The van der Waals surface area contributed by atoms with Crippen molar-refractivity contribution in [1.29, 1.82) is 0 Å². The van der Waals surface area contributed by atoms with Gasteiger partial charge in [0.1, 0.15) is 6.61 Å². The SMILES string of the molecule is CC[C@H](/C=C/COC(=O)OC)CCCc1ccccc1. The maximum absolute atomic E-state index is 10.8. The fourth-order valence-electron chi connectivity index (χ4n) is 2.07. The largest absolute Gasteiger partial charge is 0.508 e. The van der Waals surface area contributed by atoms with Crippen LogP contribution in [0, 0.1) is 5.92 Å². The summed E-state index contributed by atoms with van der Waals surface area (Å²) < 4.78 is 9.21. The zero-order chi connectivity index (χ0) is 14.6. The molecule has 0 aliphatic rings. The van der Waals surface area contributed by atoms with Gasteiger partial charge in [-0.1, -0.05) is 49.4 Å². The second-order valence-electron chi connectivity index (χ2n) is 4.74. The van der Waals surface area contributed by atoms with E-state index < -0.39 is 6.16 Å². The van der Waals surface area contributed by atoms with Crippen LogP contribution in [0.1, 0.15) is 31.7 Å². The highest BCUT2D eigenvalue weighted by Gasteiger charge is 2.03. The number of allylic oxidation sites excluding steroid dienone is 1. The van der Waals surface area contributed by atoms with Crippen LogP contribution in [-0.2, 0) is 15.9 Å². The van der Waals surface area contributed by atoms with Gasteiger partial charge >= 0.3 is 6.16 Å². The molecule has 0 bridgehead atoms. The van der Waals surface area contributed by atoms with E-state index in [4.69, 9.17) is 4.74 Å². The van der Waals surface area contributed by atoms with Gasteiger partial charge in [0.05, 0.1) is 7.11 Å². The van der Waals surface area contributed by atoms with Crippen LogP contribution in [0.2, 0.25) is 0 Å². The molecule has 0 aliphatic carbocycles. The van der Waals surface area contributed by atoms with Gasteiger partial charge in [0, 0.05) is 0 Å². The van der Waals surface area contributed by atoms with Gasteiger partial charge in [-0.05, 0) is 37.2 Å². The predicted molar refractivity (Wildman–Crippen MR) is 80.7 cm³/mol. The molecule has 0 saturated heterocycles. The van der Waals surface area contributed by atoms with E-state index in [1.807, 2.05) is 12.1 Å². The third-order valence-corrected chi connectivity index (χ3v) is 3.28. The number of aryl methyl sites for hydroxylation is 1. The molecule has 3 nitrogen and oxygen atoms in total. The van der Waals surface area contributed by atoms with E-state index in [0.29, 0.717) is 5.92 Å². The predicted octanol–water partition coefficient (Wildman–Crippen LogP) is 4.37. The van der Waals surface area contributed by atoms with E-state index in [2.05, 4.69) is 42.0 Å². The van der Waals surface area contributed by atoms with Crippen molar-refractivity contribution in [3.8, 4) is 0 Å². The summed E-state index contributed by atoms with van der Waals surface area (Å²) in [6.45, 7) is 2.46. The molecule has 1 atom stereocenters. The monoisotopic (exact) mass is 276 g/mol. The molecule has 0 saturated carbocycles. The number of carbonyl (C=O) groups is 1. The van der Waals surface area contributed by atoms with Crippen LogP contribution in [0.5, 0.6) is 0 Å². The first kappa shape index (κ1) is 16.3. The van der Waals surface area contributed by atoms with E-state index in [1.54, 1.807) is 0 Å². The van der Waals surface area contributed by atoms with Gasteiger partial charge in [-0.25, -0.2) is 4.79 Å². The maximum Gasteiger partial charge on any atom is 0.508 e. The molecular weight excluding hydrogens is 252 g/mol. The number of hydrogen-bond acceptors (Lipinski definition) is 3. The van der Waals surface area contributed by atoms with Crippen LogP contribution in [0.3, 0.4) is 0 Å². The second-order valence-corrected chi connectivity index (χ2v) is 4.74. The number of methoxy groups -OCH3 is 1. The molecule has 110 valence electrons. The smallest absolute Gasteiger partial charge is 0.438 e. The number of rotatable bonds is 8. The van der Waals surface area contributed by atoms with Crippen molar-refractivity contribution in [2.75, 3.05) is 13.7 Å². The van der Waals surface area contributed by atoms with Crippen molar-refractivity contribution < 1.29 is 14.3 Å². The molecule has 0 fully saturated rings.